The van der Waals surface area contributed by atoms with E-state index in [1.165, 1.54) is 70.9 Å². The fraction of sp³-hybridized carbons (Fsp3) is 0.400. The summed E-state index contributed by atoms with van der Waals surface area (Å²) in [4.78, 5) is 10.2. The molecule has 1 fully saturated rings. The Morgan fingerprint density at radius 3 is 2.16 bits per heavy atom. The predicted octanol–water partition coefficient (Wildman–Crippen LogP) is 12.9. The van der Waals surface area contributed by atoms with E-state index in [0.29, 0.717) is 29.9 Å². The van der Waals surface area contributed by atoms with Gasteiger partial charge in [-0.25, -0.2) is 4.98 Å². The molecule has 0 amide bonds. The summed E-state index contributed by atoms with van der Waals surface area (Å²) in [7, 11) is 0. The van der Waals surface area contributed by atoms with Crippen LogP contribution in [0.2, 0.25) is 0 Å². The van der Waals surface area contributed by atoms with Crippen LogP contribution in [0.3, 0.4) is 0 Å². The van der Waals surface area contributed by atoms with Gasteiger partial charge in [0.1, 0.15) is 18.3 Å². The minimum Gasteiger partial charge on any atom is -0.518 e. The Balaban J connectivity index is 0.00000480. The number of hydrogen-bond acceptors (Lipinski definition) is 4. The molecule has 6 heteroatoms. The van der Waals surface area contributed by atoms with Crippen molar-refractivity contribution in [3.63, 3.8) is 0 Å². The average Bonchev–Trinajstić information content (AvgIpc) is 3.69. The molecule has 5 nitrogen and oxygen atoms in total. The average molecular weight is 925 g/mol. The third kappa shape index (κ3) is 7.61. The molecule has 4 aromatic carbocycles. The van der Waals surface area contributed by atoms with Crippen molar-refractivity contribution in [2.45, 2.75) is 118 Å². The first-order chi connectivity index (χ1) is 26.1. The molecule has 1 atom stereocenters. The number of pyridine rings is 1. The first-order valence-corrected chi connectivity index (χ1v) is 20.1. The van der Waals surface area contributed by atoms with Crippen molar-refractivity contribution >= 4 is 27.7 Å². The summed E-state index contributed by atoms with van der Waals surface area (Å²) in [6.07, 6.45) is 8.19. The van der Waals surface area contributed by atoms with Crippen molar-refractivity contribution in [1.82, 2.24) is 9.55 Å². The van der Waals surface area contributed by atoms with Gasteiger partial charge in [-0.1, -0.05) is 119 Å². The maximum Gasteiger partial charge on any atom is 2.00 e. The van der Waals surface area contributed by atoms with Gasteiger partial charge in [0.15, 0.2) is 0 Å². The standard InChI is InChI=1S/C50H55N3O2.Pt/c1-31-22-32(2)46(33(3)23-31)34-24-35(47-52-50(10,30-54-47)36-14-12-11-13-15-36)26-40(25-34)55-39-17-18-41-42-27-37(48(4,5)6)16-19-43(42)53(44(41)29-39)45-28-38(20-21-51-45)49(7,8)9;/h16-25,27-28,36H,11-15,30H2,1-10H3;/q-2;+2/t50-;/m0./s1. The Labute approximate surface area is 348 Å². The summed E-state index contributed by atoms with van der Waals surface area (Å²) in [6.45, 7) is 22.9. The van der Waals surface area contributed by atoms with E-state index in [4.69, 9.17) is 19.5 Å². The fourth-order valence-corrected chi connectivity index (χ4v) is 8.89. The molecule has 1 aliphatic heterocycles. The van der Waals surface area contributed by atoms with Crippen LogP contribution in [0.15, 0.2) is 77.9 Å². The molecule has 6 aromatic rings. The Bertz CT molecular complexity index is 2450. The largest absolute Gasteiger partial charge is 2.00 e. The number of nitrogens with zero attached hydrogens (tertiary/aromatic N) is 3. The molecule has 56 heavy (non-hydrogen) atoms. The van der Waals surface area contributed by atoms with E-state index in [1.54, 1.807) is 0 Å². The quantitative estimate of drug-likeness (QED) is 0.156. The predicted molar refractivity (Wildman–Crippen MR) is 227 cm³/mol. The molecule has 0 saturated heterocycles. The zero-order chi connectivity index (χ0) is 38.9. The normalized spacial score (nSPS) is 17.9. The van der Waals surface area contributed by atoms with E-state index < -0.39 is 0 Å². The van der Waals surface area contributed by atoms with Gasteiger partial charge < -0.3 is 14.0 Å². The van der Waals surface area contributed by atoms with Crippen LogP contribution < -0.4 is 4.74 Å². The first kappa shape index (κ1) is 40.0. The molecule has 2 aliphatic rings. The summed E-state index contributed by atoms with van der Waals surface area (Å²) < 4.78 is 15.5. The summed E-state index contributed by atoms with van der Waals surface area (Å²) >= 11 is 0. The van der Waals surface area contributed by atoms with Crippen LogP contribution in [0.25, 0.3) is 38.8 Å². The molecule has 1 saturated carbocycles. The van der Waals surface area contributed by atoms with E-state index in [2.05, 4.69) is 147 Å². The van der Waals surface area contributed by atoms with Crippen LogP contribution in [0.5, 0.6) is 11.5 Å². The van der Waals surface area contributed by atoms with Crippen LogP contribution in [0.1, 0.15) is 114 Å². The van der Waals surface area contributed by atoms with Crippen LogP contribution in [-0.4, -0.2) is 27.6 Å². The zero-order valence-corrected chi connectivity index (χ0v) is 37.0. The summed E-state index contributed by atoms with van der Waals surface area (Å²) in [5.74, 6) is 3.26. The molecule has 0 spiro atoms. The Morgan fingerprint density at radius 2 is 1.46 bits per heavy atom. The number of fused-ring (bicyclic) bond motifs is 3. The van der Waals surface area contributed by atoms with E-state index in [-0.39, 0.29) is 37.4 Å². The minimum atomic E-state index is -0.228. The van der Waals surface area contributed by atoms with Gasteiger partial charge in [0, 0.05) is 23.2 Å². The van der Waals surface area contributed by atoms with Gasteiger partial charge in [-0.2, -0.15) is 6.07 Å². The number of hydrogen-bond donors (Lipinski definition) is 0. The third-order valence-corrected chi connectivity index (χ3v) is 12.0. The van der Waals surface area contributed by atoms with Crippen molar-refractivity contribution in [2.24, 2.45) is 10.9 Å². The number of aliphatic imine (C=N–C) groups is 1. The molecule has 0 bridgehead atoms. The second kappa shape index (κ2) is 14.9. The van der Waals surface area contributed by atoms with E-state index >= 15 is 0 Å². The number of aromatic nitrogens is 2. The maximum absolute atomic E-state index is 6.81. The van der Waals surface area contributed by atoms with Gasteiger partial charge in [-0.05, 0) is 109 Å². The van der Waals surface area contributed by atoms with Gasteiger partial charge in [0.05, 0.1) is 5.54 Å². The van der Waals surface area contributed by atoms with Crippen LogP contribution in [0.4, 0.5) is 0 Å². The smallest absolute Gasteiger partial charge is 0.518 e. The third-order valence-electron chi connectivity index (χ3n) is 12.0. The van der Waals surface area contributed by atoms with Crippen LogP contribution in [0, 0.1) is 38.8 Å². The van der Waals surface area contributed by atoms with E-state index in [1.807, 2.05) is 12.3 Å². The summed E-state index contributed by atoms with van der Waals surface area (Å²) in [5.41, 5.74) is 11.0. The first-order valence-electron chi connectivity index (χ1n) is 20.1. The molecule has 2 aromatic heterocycles. The molecule has 8 rings (SSSR count). The molecule has 1 aliphatic carbocycles. The SMILES string of the molecule is Cc1cc(C)c(-c2cc(Oc3[c-]c4c(cc3)c3cc(C(C)(C)C)ccc3n4-c3cc(C(C)(C)C)ccn3)[c-]c(C3=N[C@](C)(C4CCCCC4)CO3)c2)c(C)c1.[Pt+2]. The zero-order valence-electron chi connectivity index (χ0n) is 34.7. The number of ether oxygens (including phenoxy) is 2. The molecular formula is C50H55N3O2Pt. The maximum atomic E-state index is 6.81. The number of rotatable bonds is 6. The van der Waals surface area contributed by atoms with Gasteiger partial charge in [0.2, 0.25) is 0 Å². The summed E-state index contributed by atoms with van der Waals surface area (Å²) in [5, 5.41) is 2.28. The van der Waals surface area contributed by atoms with Crippen molar-refractivity contribution in [1.29, 1.82) is 0 Å². The summed E-state index contributed by atoms with van der Waals surface area (Å²) in [6, 6.07) is 31.4. The van der Waals surface area contributed by atoms with E-state index in [9.17, 15) is 0 Å². The molecule has 0 unspecified atom stereocenters. The second-order valence-electron chi connectivity index (χ2n) is 18.5. The Hall–Kier alpha value is -4.21. The Kier molecular flexibility index (Phi) is 10.7. The Morgan fingerprint density at radius 1 is 0.768 bits per heavy atom. The topological polar surface area (TPSA) is 48.6 Å². The molecular weight excluding hydrogens is 870 g/mol. The van der Waals surface area contributed by atoms with Crippen molar-refractivity contribution in [2.75, 3.05) is 6.61 Å². The van der Waals surface area contributed by atoms with Crippen molar-refractivity contribution in [3.8, 4) is 28.4 Å². The number of benzene rings is 4. The molecule has 0 radical (unpaired) electrons. The fourth-order valence-electron chi connectivity index (χ4n) is 8.89. The second-order valence-corrected chi connectivity index (χ2v) is 18.5. The van der Waals surface area contributed by atoms with Gasteiger partial charge >= 0.3 is 21.1 Å². The molecule has 0 N–H and O–H groups in total. The van der Waals surface area contributed by atoms with Crippen LogP contribution in [-0.2, 0) is 36.6 Å². The number of aryl methyl sites for hydroxylation is 3. The minimum absolute atomic E-state index is 0. The van der Waals surface area contributed by atoms with E-state index in [0.717, 1.165) is 33.4 Å². The van der Waals surface area contributed by atoms with Crippen molar-refractivity contribution in [3.05, 3.63) is 118 Å². The van der Waals surface area contributed by atoms with Crippen LogP contribution >= 0.6 is 0 Å². The van der Waals surface area contributed by atoms with Crippen molar-refractivity contribution < 1.29 is 30.5 Å². The monoisotopic (exact) mass is 924 g/mol. The van der Waals surface area contributed by atoms with Gasteiger partial charge in [-0.3, -0.25) is 4.99 Å². The molecule has 3 heterocycles. The molecule has 292 valence electrons. The van der Waals surface area contributed by atoms with Gasteiger partial charge in [0.25, 0.3) is 0 Å². The van der Waals surface area contributed by atoms with Gasteiger partial charge in [-0.15, -0.1) is 23.6 Å².